The van der Waals surface area contributed by atoms with E-state index in [1.54, 1.807) is 6.07 Å². The zero-order valence-electron chi connectivity index (χ0n) is 12.0. The van der Waals surface area contributed by atoms with Gasteiger partial charge in [-0.1, -0.05) is 24.6 Å². The SMILES string of the molecule is Cc1ccc(C(=O)NCC2(C)CCNCC2)cc1Cl.Cl. The van der Waals surface area contributed by atoms with E-state index in [1.807, 2.05) is 19.1 Å². The predicted octanol–water partition coefficient (Wildman–Crippen LogP) is 3.19. The van der Waals surface area contributed by atoms with Gasteiger partial charge in [0.1, 0.15) is 0 Å². The van der Waals surface area contributed by atoms with Gasteiger partial charge in [-0.2, -0.15) is 0 Å². The zero-order valence-corrected chi connectivity index (χ0v) is 13.5. The molecule has 20 heavy (non-hydrogen) atoms. The number of rotatable bonds is 3. The van der Waals surface area contributed by atoms with Gasteiger partial charge in [0.2, 0.25) is 0 Å². The van der Waals surface area contributed by atoms with Crippen LogP contribution in [0.3, 0.4) is 0 Å². The van der Waals surface area contributed by atoms with Gasteiger partial charge in [-0.3, -0.25) is 4.79 Å². The summed E-state index contributed by atoms with van der Waals surface area (Å²) in [6.07, 6.45) is 2.20. The predicted molar refractivity (Wildman–Crippen MR) is 86.0 cm³/mol. The number of carbonyl (C=O) groups excluding carboxylic acids is 1. The first-order chi connectivity index (χ1) is 9.00. The molecule has 5 heteroatoms. The van der Waals surface area contributed by atoms with Crippen LogP contribution < -0.4 is 10.6 Å². The van der Waals surface area contributed by atoms with Crippen LogP contribution in [0.4, 0.5) is 0 Å². The molecule has 0 bridgehead atoms. The summed E-state index contributed by atoms with van der Waals surface area (Å²) in [5.74, 6) is -0.0401. The van der Waals surface area contributed by atoms with Crippen LogP contribution in [0.2, 0.25) is 5.02 Å². The lowest BCUT2D eigenvalue weighted by Crippen LogP contribution is -2.42. The van der Waals surface area contributed by atoms with Crippen molar-refractivity contribution >= 4 is 29.9 Å². The number of nitrogens with one attached hydrogen (secondary N) is 2. The molecule has 1 amide bonds. The van der Waals surface area contributed by atoms with Crippen molar-refractivity contribution in [3.8, 4) is 0 Å². The molecule has 2 rings (SSSR count). The molecule has 1 aliphatic heterocycles. The van der Waals surface area contributed by atoms with Gasteiger partial charge in [0, 0.05) is 17.1 Å². The molecule has 3 nitrogen and oxygen atoms in total. The molecule has 1 saturated heterocycles. The standard InChI is InChI=1S/C15H21ClN2O.ClH/c1-11-3-4-12(9-13(11)16)14(19)18-10-15(2)5-7-17-8-6-15;/h3-4,9,17H,5-8,10H2,1-2H3,(H,18,19);1H. The molecule has 0 aromatic heterocycles. The number of hydrogen-bond acceptors (Lipinski definition) is 2. The van der Waals surface area contributed by atoms with Gasteiger partial charge < -0.3 is 10.6 Å². The summed E-state index contributed by atoms with van der Waals surface area (Å²) in [5, 5.41) is 7.01. The van der Waals surface area contributed by atoms with Gasteiger partial charge in [0.25, 0.3) is 5.91 Å². The third-order valence-corrected chi connectivity index (χ3v) is 4.33. The van der Waals surface area contributed by atoms with Gasteiger partial charge in [-0.15, -0.1) is 12.4 Å². The quantitative estimate of drug-likeness (QED) is 0.899. The molecule has 1 fully saturated rings. The van der Waals surface area contributed by atoms with Crippen LogP contribution in [0.1, 0.15) is 35.7 Å². The first kappa shape index (κ1) is 17.3. The van der Waals surface area contributed by atoms with E-state index >= 15 is 0 Å². The van der Waals surface area contributed by atoms with Gasteiger partial charge in [0.15, 0.2) is 0 Å². The molecule has 0 aliphatic carbocycles. The van der Waals surface area contributed by atoms with E-state index < -0.39 is 0 Å². The molecular formula is C15H22Cl2N2O. The highest BCUT2D eigenvalue weighted by molar-refractivity contribution is 6.31. The first-order valence-corrected chi connectivity index (χ1v) is 7.13. The summed E-state index contributed by atoms with van der Waals surface area (Å²) in [6, 6.07) is 5.43. The third-order valence-electron chi connectivity index (χ3n) is 3.92. The fourth-order valence-corrected chi connectivity index (χ4v) is 2.52. The van der Waals surface area contributed by atoms with Crippen molar-refractivity contribution in [1.82, 2.24) is 10.6 Å². The summed E-state index contributed by atoms with van der Waals surface area (Å²) in [5.41, 5.74) is 1.83. The summed E-state index contributed by atoms with van der Waals surface area (Å²) in [6.45, 7) is 6.95. The maximum Gasteiger partial charge on any atom is 0.251 e. The maximum absolute atomic E-state index is 12.1. The van der Waals surface area contributed by atoms with Crippen molar-refractivity contribution in [2.24, 2.45) is 5.41 Å². The Labute approximate surface area is 131 Å². The van der Waals surface area contributed by atoms with Gasteiger partial charge in [0.05, 0.1) is 0 Å². The highest BCUT2D eigenvalue weighted by Gasteiger charge is 2.27. The molecule has 1 aromatic rings. The first-order valence-electron chi connectivity index (χ1n) is 6.75. The lowest BCUT2D eigenvalue weighted by Gasteiger charge is -2.34. The lowest BCUT2D eigenvalue weighted by molar-refractivity contribution is 0.0922. The summed E-state index contributed by atoms with van der Waals surface area (Å²) < 4.78 is 0. The number of carbonyl (C=O) groups is 1. The highest BCUT2D eigenvalue weighted by atomic mass is 35.5. The normalized spacial score (nSPS) is 17.1. The molecule has 0 spiro atoms. The maximum atomic E-state index is 12.1. The minimum Gasteiger partial charge on any atom is -0.351 e. The molecule has 1 aliphatic rings. The second-order valence-electron chi connectivity index (χ2n) is 5.71. The Morgan fingerprint density at radius 1 is 1.40 bits per heavy atom. The Morgan fingerprint density at radius 2 is 2.05 bits per heavy atom. The molecular weight excluding hydrogens is 295 g/mol. The highest BCUT2D eigenvalue weighted by Crippen LogP contribution is 2.26. The van der Waals surface area contributed by atoms with Crippen molar-refractivity contribution in [1.29, 1.82) is 0 Å². The number of halogens is 2. The topological polar surface area (TPSA) is 41.1 Å². The van der Waals surface area contributed by atoms with Crippen LogP contribution in [0, 0.1) is 12.3 Å². The van der Waals surface area contributed by atoms with Crippen LogP contribution in [0.15, 0.2) is 18.2 Å². The van der Waals surface area contributed by atoms with Crippen LogP contribution in [-0.2, 0) is 0 Å². The largest absolute Gasteiger partial charge is 0.351 e. The number of amides is 1. The van der Waals surface area contributed by atoms with Gasteiger partial charge in [-0.25, -0.2) is 0 Å². The van der Waals surface area contributed by atoms with Crippen LogP contribution in [0.25, 0.3) is 0 Å². The van der Waals surface area contributed by atoms with Crippen LogP contribution >= 0.6 is 24.0 Å². The summed E-state index contributed by atoms with van der Waals surface area (Å²) >= 11 is 6.05. The molecule has 0 atom stereocenters. The Bertz CT molecular complexity index is 471. The minimum absolute atomic E-state index is 0. The Morgan fingerprint density at radius 3 is 2.65 bits per heavy atom. The average molecular weight is 317 g/mol. The monoisotopic (exact) mass is 316 g/mol. The van der Waals surface area contributed by atoms with Crippen molar-refractivity contribution in [3.05, 3.63) is 34.3 Å². The Balaban J connectivity index is 0.00000200. The summed E-state index contributed by atoms with van der Waals surface area (Å²) in [4.78, 5) is 12.1. The van der Waals surface area contributed by atoms with Crippen molar-refractivity contribution in [3.63, 3.8) is 0 Å². The number of aryl methyl sites for hydroxylation is 1. The fraction of sp³-hybridized carbons (Fsp3) is 0.533. The minimum atomic E-state index is -0.0401. The van der Waals surface area contributed by atoms with Crippen LogP contribution in [-0.4, -0.2) is 25.5 Å². The molecule has 2 N–H and O–H groups in total. The smallest absolute Gasteiger partial charge is 0.251 e. The second-order valence-corrected chi connectivity index (χ2v) is 6.11. The number of benzene rings is 1. The van der Waals surface area contributed by atoms with E-state index in [2.05, 4.69) is 17.6 Å². The molecule has 0 radical (unpaired) electrons. The van der Waals surface area contributed by atoms with E-state index in [-0.39, 0.29) is 23.7 Å². The number of piperidine rings is 1. The lowest BCUT2D eigenvalue weighted by atomic mass is 9.81. The van der Waals surface area contributed by atoms with E-state index in [0.29, 0.717) is 10.6 Å². The third kappa shape index (κ3) is 4.37. The Hall–Kier alpha value is -0.770. The second kappa shape index (κ2) is 7.30. The molecule has 0 unspecified atom stereocenters. The van der Waals surface area contributed by atoms with Gasteiger partial charge in [-0.05, 0) is 56.0 Å². The van der Waals surface area contributed by atoms with Crippen molar-refractivity contribution in [2.75, 3.05) is 19.6 Å². The van der Waals surface area contributed by atoms with Crippen molar-refractivity contribution in [2.45, 2.75) is 26.7 Å². The summed E-state index contributed by atoms with van der Waals surface area (Å²) in [7, 11) is 0. The van der Waals surface area contributed by atoms with E-state index in [1.165, 1.54) is 0 Å². The van der Waals surface area contributed by atoms with E-state index in [9.17, 15) is 4.79 Å². The molecule has 1 aromatic carbocycles. The Kier molecular flexibility index (Phi) is 6.31. The van der Waals surface area contributed by atoms with E-state index in [0.717, 1.165) is 38.0 Å². The average Bonchev–Trinajstić information content (AvgIpc) is 2.40. The molecule has 1 heterocycles. The van der Waals surface area contributed by atoms with Crippen LogP contribution in [0.5, 0.6) is 0 Å². The number of hydrogen-bond donors (Lipinski definition) is 2. The van der Waals surface area contributed by atoms with Crippen molar-refractivity contribution < 1.29 is 4.79 Å². The molecule has 112 valence electrons. The fourth-order valence-electron chi connectivity index (χ4n) is 2.34. The van der Waals surface area contributed by atoms with E-state index in [4.69, 9.17) is 11.6 Å². The van der Waals surface area contributed by atoms with Gasteiger partial charge >= 0.3 is 0 Å². The molecule has 0 saturated carbocycles. The zero-order chi connectivity index (χ0) is 13.9.